The van der Waals surface area contributed by atoms with Gasteiger partial charge in [-0.25, -0.2) is 4.39 Å². The molecule has 0 fully saturated rings. The fraction of sp³-hybridized carbons (Fsp3) is 0.0833. The molecule has 0 amide bonds. The number of rotatable bonds is 5. The standard InChI is InChI=1S/C24H17BrFN3O2/c25-20-8-3-1-7-19(20)24-29(23(28-31-24)22-10-5-13-30-22)15-16-14-27-12-11-17(16)18-6-2-4-9-21(18)26/h1-14,24H,15H2. The Hall–Kier alpha value is -3.45. The van der Waals surface area contributed by atoms with Crippen molar-refractivity contribution in [3.8, 4) is 11.1 Å². The van der Waals surface area contributed by atoms with E-state index in [2.05, 4.69) is 26.1 Å². The van der Waals surface area contributed by atoms with Gasteiger partial charge in [0.25, 0.3) is 0 Å². The molecule has 0 bridgehead atoms. The summed E-state index contributed by atoms with van der Waals surface area (Å²) in [6.45, 7) is 0.392. The van der Waals surface area contributed by atoms with Crippen molar-refractivity contribution in [2.24, 2.45) is 5.16 Å². The molecule has 2 aromatic carbocycles. The van der Waals surface area contributed by atoms with Gasteiger partial charge < -0.3 is 14.2 Å². The Morgan fingerprint density at radius 1 is 0.968 bits per heavy atom. The summed E-state index contributed by atoms with van der Waals surface area (Å²) < 4.78 is 21.1. The lowest BCUT2D eigenvalue weighted by Gasteiger charge is -2.26. The van der Waals surface area contributed by atoms with Crippen LogP contribution in [0.3, 0.4) is 0 Å². The van der Waals surface area contributed by atoms with E-state index in [4.69, 9.17) is 9.25 Å². The summed E-state index contributed by atoms with van der Waals surface area (Å²) in [7, 11) is 0. The van der Waals surface area contributed by atoms with E-state index in [9.17, 15) is 4.39 Å². The molecule has 1 aliphatic heterocycles. The van der Waals surface area contributed by atoms with Crippen LogP contribution >= 0.6 is 15.9 Å². The fourth-order valence-corrected chi connectivity index (χ4v) is 4.13. The van der Waals surface area contributed by atoms with Gasteiger partial charge in [-0.15, -0.1) is 0 Å². The number of nitrogens with zero attached hydrogens (tertiary/aromatic N) is 3. The number of amidine groups is 1. The average Bonchev–Trinajstić information content (AvgIpc) is 3.45. The smallest absolute Gasteiger partial charge is 0.228 e. The van der Waals surface area contributed by atoms with E-state index in [1.165, 1.54) is 6.07 Å². The van der Waals surface area contributed by atoms with Crippen LogP contribution in [0.1, 0.15) is 23.1 Å². The molecule has 0 N–H and O–H groups in total. The minimum Gasteiger partial charge on any atom is -0.461 e. The summed E-state index contributed by atoms with van der Waals surface area (Å²) in [4.78, 5) is 12.1. The molecule has 1 unspecified atom stereocenters. The molecule has 7 heteroatoms. The molecule has 1 aliphatic rings. The quantitative estimate of drug-likeness (QED) is 0.346. The second-order valence-electron chi connectivity index (χ2n) is 7.01. The maximum atomic E-state index is 14.6. The Morgan fingerprint density at radius 2 is 1.81 bits per heavy atom. The van der Waals surface area contributed by atoms with Crippen molar-refractivity contribution < 1.29 is 13.6 Å². The second kappa shape index (κ2) is 8.35. The van der Waals surface area contributed by atoms with Gasteiger partial charge >= 0.3 is 0 Å². The van der Waals surface area contributed by atoms with Gasteiger partial charge in [0, 0.05) is 28.0 Å². The van der Waals surface area contributed by atoms with Crippen molar-refractivity contribution in [2.75, 3.05) is 0 Å². The predicted octanol–water partition coefficient (Wildman–Crippen LogP) is 6.14. The molecule has 0 aliphatic carbocycles. The number of furan rings is 1. The van der Waals surface area contributed by atoms with Crippen LogP contribution < -0.4 is 0 Å². The molecule has 0 radical (unpaired) electrons. The van der Waals surface area contributed by atoms with Crippen molar-refractivity contribution >= 4 is 21.8 Å². The molecule has 0 saturated heterocycles. The van der Waals surface area contributed by atoms with E-state index in [0.29, 0.717) is 23.7 Å². The fourth-order valence-electron chi connectivity index (χ4n) is 3.65. The van der Waals surface area contributed by atoms with Crippen LogP contribution in [0.25, 0.3) is 11.1 Å². The Labute approximate surface area is 186 Å². The summed E-state index contributed by atoms with van der Waals surface area (Å²) in [6, 6.07) is 20.0. The lowest BCUT2D eigenvalue weighted by Crippen LogP contribution is -2.31. The predicted molar refractivity (Wildman–Crippen MR) is 118 cm³/mol. The molecule has 0 spiro atoms. The zero-order chi connectivity index (χ0) is 21.2. The number of hydrogen-bond donors (Lipinski definition) is 0. The van der Waals surface area contributed by atoms with Gasteiger partial charge in [-0.05, 0) is 41.5 Å². The molecular formula is C24H17BrFN3O2. The van der Waals surface area contributed by atoms with Gasteiger partial charge in [0.2, 0.25) is 12.1 Å². The first-order chi connectivity index (χ1) is 15.2. The summed E-state index contributed by atoms with van der Waals surface area (Å²) in [5.74, 6) is 0.870. The summed E-state index contributed by atoms with van der Waals surface area (Å²) in [5, 5.41) is 4.31. The molecular weight excluding hydrogens is 461 g/mol. The summed E-state index contributed by atoms with van der Waals surface area (Å²) in [5.41, 5.74) is 3.05. The number of aromatic nitrogens is 1. The molecule has 1 atom stereocenters. The van der Waals surface area contributed by atoms with Crippen molar-refractivity contribution in [3.63, 3.8) is 0 Å². The largest absolute Gasteiger partial charge is 0.461 e. The molecule has 3 heterocycles. The average molecular weight is 478 g/mol. The summed E-state index contributed by atoms with van der Waals surface area (Å²) >= 11 is 3.61. The van der Waals surface area contributed by atoms with Gasteiger partial charge in [-0.3, -0.25) is 4.98 Å². The number of oxime groups is 1. The van der Waals surface area contributed by atoms with Crippen LogP contribution in [0.15, 0.2) is 99.4 Å². The SMILES string of the molecule is Fc1ccccc1-c1ccncc1CN1C(c2ccco2)=NOC1c1ccccc1Br. The molecule has 4 aromatic rings. The highest BCUT2D eigenvalue weighted by Gasteiger charge is 2.35. The number of pyridine rings is 1. The Morgan fingerprint density at radius 3 is 2.61 bits per heavy atom. The molecule has 154 valence electrons. The lowest BCUT2D eigenvalue weighted by atomic mass is 10.0. The number of benzene rings is 2. The van der Waals surface area contributed by atoms with Crippen molar-refractivity contribution in [2.45, 2.75) is 12.8 Å². The van der Waals surface area contributed by atoms with E-state index in [0.717, 1.165) is 21.2 Å². The second-order valence-corrected chi connectivity index (χ2v) is 7.87. The lowest BCUT2D eigenvalue weighted by molar-refractivity contribution is 0.00524. The van der Waals surface area contributed by atoms with E-state index in [1.807, 2.05) is 47.4 Å². The van der Waals surface area contributed by atoms with E-state index >= 15 is 0 Å². The van der Waals surface area contributed by atoms with Crippen LogP contribution in [0.2, 0.25) is 0 Å². The maximum Gasteiger partial charge on any atom is 0.228 e. The zero-order valence-corrected chi connectivity index (χ0v) is 17.9. The van der Waals surface area contributed by atoms with Crippen LogP contribution in [-0.2, 0) is 11.4 Å². The van der Waals surface area contributed by atoms with Gasteiger partial charge in [0.15, 0.2) is 5.76 Å². The highest BCUT2D eigenvalue weighted by atomic mass is 79.9. The third kappa shape index (κ3) is 3.72. The molecule has 5 nitrogen and oxygen atoms in total. The van der Waals surface area contributed by atoms with Crippen LogP contribution in [0.5, 0.6) is 0 Å². The van der Waals surface area contributed by atoms with Gasteiger partial charge in [0.1, 0.15) is 5.82 Å². The van der Waals surface area contributed by atoms with Gasteiger partial charge in [0.05, 0.1) is 12.8 Å². The van der Waals surface area contributed by atoms with E-state index in [1.54, 1.807) is 36.9 Å². The monoisotopic (exact) mass is 477 g/mol. The topological polar surface area (TPSA) is 50.9 Å². The molecule has 2 aromatic heterocycles. The molecule has 31 heavy (non-hydrogen) atoms. The first-order valence-corrected chi connectivity index (χ1v) is 10.5. The third-order valence-electron chi connectivity index (χ3n) is 5.12. The van der Waals surface area contributed by atoms with Crippen molar-refractivity contribution in [1.29, 1.82) is 0 Å². The molecule has 0 saturated carbocycles. The van der Waals surface area contributed by atoms with E-state index < -0.39 is 6.23 Å². The Balaban J connectivity index is 1.57. The van der Waals surface area contributed by atoms with Crippen LogP contribution in [-0.4, -0.2) is 15.7 Å². The number of halogens is 2. The normalized spacial score (nSPS) is 15.6. The minimum absolute atomic E-state index is 0.282. The van der Waals surface area contributed by atoms with Gasteiger partial charge in [-0.2, -0.15) is 0 Å². The number of hydrogen-bond acceptors (Lipinski definition) is 5. The Bertz CT molecular complexity index is 1240. The summed E-state index contributed by atoms with van der Waals surface area (Å²) in [6.07, 6.45) is 4.52. The first kappa shape index (κ1) is 19.5. The third-order valence-corrected chi connectivity index (χ3v) is 5.84. The zero-order valence-electron chi connectivity index (χ0n) is 16.3. The first-order valence-electron chi connectivity index (χ1n) is 9.69. The van der Waals surface area contributed by atoms with Crippen LogP contribution in [0.4, 0.5) is 4.39 Å². The van der Waals surface area contributed by atoms with Gasteiger partial charge in [-0.1, -0.05) is 57.5 Å². The van der Waals surface area contributed by atoms with Crippen molar-refractivity contribution in [1.82, 2.24) is 9.88 Å². The maximum absolute atomic E-state index is 14.6. The minimum atomic E-state index is -0.482. The Kier molecular flexibility index (Phi) is 5.26. The van der Waals surface area contributed by atoms with E-state index in [-0.39, 0.29) is 5.82 Å². The highest BCUT2D eigenvalue weighted by molar-refractivity contribution is 9.10. The highest BCUT2D eigenvalue weighted by Crippen LogP contribution is 2.37. The van der Waals surface area contributed by atoms with Crippen molar-refractivity contribution in [3.05, 3.63) is 113 Å². The van der Waals surface area contributed by atoms with Crippen LogP contribution in [0, 0.1) is 5.82 Å². The molecule has 5 rings (SSSR count).